The molecule has 0 unspecified atom stereocenters. The number of benzene rings is 2. The summed E-state index contributed by atoms with van der Waals surface area (Å²) in [5.74, 6) is 0.900. The third-order valence-electron chi connectivity index (χ3n) is 4.62. The van der Waals surface area contributed by atoms with Crippen LogP contribution in [0.2, 0.25) is 5.02 Å². The first kappa shape index (κ1) is 18.7. The lowest BCUT2D eigenvalue weighted by molar-refractivity contribution is -0.111. The molecule has 0 saturated carbocycles. The number of anilines is 2. The van der Waals surface area contributed by atoms with Crippen LogP contribution in [0.25, 0.3) is 6.08 Å². The van der Waals surface area contributed by atoms with Crippen molar-refractivity contribution in [2.45, 2.75) is 18.9 Å². The van der Waals surface area contributed by atoms with Gasteiger partial charge in [-0.2, -0.15) is 0 Å². The highest BCUT2D eigenvalue weighted by Gasteiger charge is 2.17. The molecule has 0 bridgehead atoms. The van der Waals surface area contributed by atoms with Gasteiger partial charge in [-0.1, -0.05) is 11.6 Å². The minimum Gasteiger partial charge on any atom is -0.454 e. The molecule has 0 aliphatic carbocycles. The second-order valence-electron chi connectivity index (χ2n) is 6.67. The van der Waals surface area contributed by atoms with E-state index in [1.807, 2.05) is 24.3 Å². The van der Waals surface area contributed by atoms with E-state index in [2.05, 4.69) is 10.6 Å². The van der Waals surface area contributed by atoms with E-state index in [0.29, 0.717) is 22.6 Å². The van der Waals surface area contributed by atoms with Gasteiger partial charge in [0.1, 0.15) is 0 Å². The van der Waals surface area contributed by atoms with Gasteiger partial charge in [0.25, 0.3) is 0 Å². The summed E-state index contributed by atoms with van der Waals surface area (Å²) in [4.78, 5) is 12.2. The third kappa shape index (κ3) is 4.58. The van der Waals surface area contributed by atoms with Crippen molar-refractivity contribution in [3.63, 3.8) is 0 Å². The predicted molar refractivity (Wildman–Crippen MR) is 109 cm³/mol. The predicted octanol–water partition coefficient (Wildman–Crippen LogP) is 4.31. The molecule has 2 aromatic carbocycles. The highest BCUT2D eigenvalue weighted by molar-refractivity contribution is 6.32. The van der Waals surface area contributed by atoms with Crippen LogP contribution in [0.15, 0.2) is 42.5 Å². The smallest absolute Gasteiger partial charge is 0.248 e. The zero-order valence-electron chi connectivity index (χ0n) is 15.2. The molecule has 0 spiro atoms. The molecule has 4 rings (SSSR count). The van der Waals surface area contributed by atoms with E-state index in [1.54, 1.807) is 18.2 Å². The van der Waals surface area contributed by atoms with Crippen LogP contribution in [-0.2, 0) is 9.53 Å². The van der Waals surface area contributed by atoms with Crippen LogP contribution in [0.3, 0.4) is 0 Å². The van der Waals surface area contributed by atoms with Crippen molar-refractivity contribution in [2.75, 3.05) is 30.6 Å². The summed E-state index contributed by atoms with van der Waals surface area (Å²) in [5.41, 5.74) is 2.53. The second-order valence-corrected chi connectivity index (χ2v) is 7.07. The summed E-state index contributed by atoms with van der Waals surface area (Å²) in [6.45, 7) is 1.75. The van der Waals surface area contributed by atoms with Crippen molar-refractivity contribution < 1.29 is 19.0 Å². The van der Waals surface area contributed by atoms with Crippen LogP contribution in [0.1, 0.15) is 18.4 Å². The van der Waals surface area contributed by atoms with Crippen LogP contribution < -0.4 is 20.1 Å². The van der Waals surface area contributed by atoms with Gasteiger partial charge in [-0.25, -0.2) is 0 Å². The lowest BCUT2D eigenvalue weighted by atomic mass is 10.1. The molecule has 1 saturated heterocycles. The maximum Gasteiger partial charge on any atom is 0.248 e. The molecule has 28 heavy (non-hydrogen) atoms. The van der Waals surface area contributed by atoms with Gasteiger partial charge in [0, 0.05) is 36.7 Å². The topological polar surface area (TPSA) is 68.8 Å². The molecule has 2 aromatic rings. The molecule has 2 heterocycles. The number of ether oxygens (including phenoxy) is 3. The number of fused-ring (bicyclic) bond motifs is 1. The Balaban J connectivity index is 1.33. The molecule has 0 radical (unpaired) electrons. The highest BCUT2D eigenvalue weighted by atomic mass is 35.5. The van der Waals surface area contributed by atoms with Gasteiger partial charge in [0.05, 0.1) is 5.02 Å². The monoisotopic (exact) mass is 400 g/mol. The fourth-order valence-corrected chi connectivity index (χ4v) is 3.44. The van der Waals surface area contributed by atoms with Gasteiger partial charge in [0.2, 0.25) is 12.7 Å². The number of halogens is 1. The van der Waals surface area contributed by atoms with Crippen LogP contribution in [-0.4, -0.2) is 32.0 Å². The zero-order chi connectivity index (χ0) is 19.3. The number of carbonyl (C=O) groups is 1. The minimum atomic E-state index is -0.223. The number of hydrogen-bond acceptors (Lipinski definition) is 5. The summed E-state index contributed by atoms with van der Waals surface area (Å²) < 4.78 is 16.0. The molecule has 1 fully saturated rings. The first-order valence-electron chi connectivity index (χ1n) is 9.20. The highest BCUT2D eigenvalue weighted by Crippen LogP contribution is 2.40. The zero-order valence-corrected chi connectivity index (χ0v) is 16.0. The Morgan fingerprint density at radius 2 is 1.82 bits per heavy atom. The van der Waals surface area contributed by atoms with Gasteiger partial charge in [-0.05, 0) is 60.9 Å². The van der Waals surface area contributed by atoms with E-state index in [1.165, 1.54) is 6.08 Å². The van der Waals surface area contributed by atoms with E-state index in [9.17, 15) is 4.79 Å². The lowest BCUT2D eigenvalue weighted by Crippen LogP contribution is -2.27. The Morgan fingerprint density at radius 3 is 2.61 bits per heavy atom. The number of hydrogen-bond donors (Lipinski definition) is 2. The van der Waals surface area contributed by atoms with Crippen molar-refractivity contribution >= 4 is 35.0 Å². The molecule has 1 amide bonds. The van der Waals surface area contributed by atoms with Gasteiger partial charge >= 0.3 is 0 Å². The second kappa shape index (κ2) is 8.54. The molecule has 2 N–H and O–H groups in total. The molecular weight excluding hydrogens is 380 g/mol. The normalized spacial score (nSPS) is 16.3. The van der Waals surface area contributed by atoms with Crippen LogP contribution in [0.4, 0.5) is 11.4 Å². The number of carbonyl (C=O) groups excluding carboxylic acids is 1. The van der Waals surface area contributed by atoms with E-state index < -0.39 is 0 Å². The molecule has 0 atom stereocenters. The summed E-state index contributed by atoms with van der Waals surface area (Å²) in [6, 6.07) is 11.6. The fourth-order valence-electron chi connectivity index (χ4n) is 3.17. The van der Waals surface area contributed by atoms with Crippen LogP contribution in [0.5, 0.6) is 11.5 Å². The lowest BCUT2D eigenvalue weighted by Gasteiger charge is -2.24. The number of nitrogens with one attached hydrogen (secondary N) is 2. The fraction of sp³-hybridized carbons (Fsp3) is 0.286. The average molecular weight is 401 g/mol. The molecule has 146 valence electrons. The van der Waals surface area contributed by atoms with Gasteiger partial charge in [-0.3, -0.25) is 4.79 Å². The standard InChI is InChI=1S/C21H21ClN2O4/c22-18-11-14(12-19-21(18)28-13-27-19)1-6-20(25)24-16-4-2-15(3-5-16)23-17-7-9-26-10-8-17/h1-6,11-12,17,23H,7-10,13H2,(H,24,25)/b6-1-. The quantitative estimate of drug-likeness (QED) is 0.732. The Kier molecular flexibility index (Phi) is 5.69. The maximum atomic E-state index is 12.2. The number of rotatable bonds is 5. The third-order valence-corrected chi connectivity index (χ3v) is 4.90. The first-order chi connectivity index (χ1) is 13.7. The van der Waals surface area contributed by atoms with Crippen molar-refractivity contribution in [2.24, 2.45) is 0 Å². The first-order valence-corrected chi connectivity index (χ1v) is 9.58. The van der Waals surface area contributed by atoms with Gasteiger partial charge in [0.15, 0.2) is 11.5 Å². The van der Waals surface area contributed by atoms with Gasteiger partial charge in [-0.15, -0.1) is 0 Å². The molecule has 0 aromatic heterocycles. The van der Waals surface area contributed by atoms with Crippen molar-refractivity contribution in [3.8, 4) is 11.5 Å². The average Bonchev–Trinajstić information content (AvgIpc) is 3.18. The Bertz CT molecular complexity index is 877. The molecule has 2 aliphatic heterocycles. The van der Waals surface area contributed by atoms with Crippen molar-refractivity contribution in [3.05, 3.63) is 53.1 Å². The number of amides is 1. The molecule has 6 nitrogen and oxygen atoms in total. The van der Waals surface area contributed by atoms with Crippen molar-refractivity contribution in [1.82, 2.24) is 0 Å². The Labute approximate surface area is 168 Å². The van der Waals surface area contributed by atoms with E-state index in [4.69, 9.17) is 25.8 Å². The Morgan fingerprint density at radius 1 is 1.07 bits per heavy atom. The van der Waals surface area contributed by atoms with E-state index in [-0.39, 0.29) is 12.7 Å². The minimum absolute atomic E-state index is 0.155. The van der Waals surface area contributed by atoms with Crippen molar-refractivity contribution in [1.29, 1.82) is 0 Å². The van der Waals surface area contributed by atoms with Crippen LogP contribution >= 0.6 is 11.6 Å². The van der Waals surface area contributed by atoms with Gasteiger partial charge < -0.3 is 24.8 Å². The Hall–Kier alpha value is -2.70. The molecular formula is C21H21ClN2O4. The summed E-state index contributed by atoms with van der Waals surface area (Å²) in [5, 5.41) is 6.80. The summed E-state index contributed by atoms with van der Waals surface area (Å²) >= 11 is 6.15. The maximum absolute atomic E-state index is 12.2. The van der Waals surface area contributed by atoms with E-state index in [0.717, 1.165) is 43.0 Å². The molecule has 2 aliphatic rings. The van der Waals surface area contributed by atoms with Crippen LogP contribution in [0, 0.1) is 0 Å². The molecule has 7 heteroatoms. The van der Waals surface area contributed by atoms with E-state index >= 15 is 0 Å². The largest absolute Gasteiger partial charge is 0.454 e. The SMILES string of the molecule is O=C(/C=C\c1cc(Cl)c2c(c1)OCO2)Nc1ccc(NC2CCOCC2)cc1. The summed E-state index contributed by atoms with van der Waals surface area (Å²) in [7, 11) is 0. The summed E-state index contributed by atoms with van der Waals surface area (Å²) in [6.07, 6.45) is 5.16.